The number of carbonyl (C=O) groups is 1. The molecule has 0 saturated heterocycles. The summed E-state index contributed by atoms with van der Waals surface area (Å²) in [5.41, 5.74) is 0.939. The number of aryl methyl sites for hydroxylation is 1. The maximum atomic E-state index is 13.1. The van der Waals surface area contributed by atoms with Gasteiger partial charge in [-0.05, 0) is 49.8 Å². The van der Waals surface area contributed by atoms with Crippen molar-refractivity contribution in [2.24, 2.45) is 5.92 Å². The smallest absolute Gasteiger partial charge is 0.320 e. The predicted molar refractivity (Wildman–Crippen MR) is 78.2 cm³/mol. The fourth-order valence-electron chi connectivity index (χ4n) is 2.21. The second-order valence-electron chi connectivity index (χ2n) is 5.76. The zero-order valence-electron chi connectivity index (χ0n) is 12.4. The number of carboxylic acid groups (broad SMARTS) is 1. The van der Waals surface area contributed by atoms with Crippen LogP contribution in [0.5, 0.6) is 0 Å². The molecule has 0 saturated carbocycles. The van der Waals surface area contributed by atoms with Crippen molar-refractivity contribution in [1.82, 2.24) is 5.32 Å². The van der Waals surface area contributed by atoms with E-state index in [1.807, 2.05) is 26.8 Å². The molecule has 1 rings (SSSR count). The number of benzene rings is 1. The van der Waals surface area contributed by atoms with Gasteiger partial charge in [0.2, 0.25) is 0 Å². The largest absolute Gasteiger partial charge is 0.480 e. The molecule has 0 heterocycles. The molecule has 4 heteroatoms. The molecule has 0 aliphatic rings. The Hall–Kier alpha value is -1.42. The van der Waals surface area contributed by atoms with Crippen molar-refractivity contribution in [3.05, 3.63) is 35.6 Å². The molecule has 2 atom stereocenters. The number of carboxylic acids is 1. The summed E-state index contributed by atoms with van der Waals surface area (Å²) in [6, 6.07) is 6.10. The maximum absolute atomic E-state index is 13.1. The van der Waals surface area contributed by atoms with E-state index < -0.39 is 12.0 Å². The summed E-state index contributed by atoms with van der Waals surface area (Å²) in [6.45, 7) is 5.99. The van der Waals surface area contributed by atoms with Crippen molar-refractivity contribution >= 4 is 5.97 Å². The minimum atomic E-state index is -0.809. The molecule has 0 aliphatic heterocycles. The third-order valence-electron chi connectivity index (χ3n) is 3.25. The van der Waals surface area contributed by atoms with E-state index in [0.717, 1.165) is 18.4 Å². The number of aliphatic carboxylic acids is 1. The first kappa shape index (κ1) is 16.6. The number of hydrogen-bond acceptors (Lipinski definition) is 2. The first-order valence-electron chi connectivity index (χ1n) is 7.11. The van der Waals surface area contributed by atoms with Crippen LogP contribution in [0.1, 0.15) is 39.2 Å². The highest BCUT2D eigenvalue weighted by Gasteiger charge is 2.20. The molecule has 1 unspecified atom stereocenters. The molecule has 0 fully saturated rings. The molecular weight excluding hydrogens is 257 g/mol. The predicted octanol–water partition coefficient (Wildman–Crippen LogP) is 3.24. The Morgan fingerprint density at radius 1 is 1.35 bits per heavy atom. The SMILES string of the molecule is CC(C)C[C@H](NC(C)CCc1cccc(F)c1)C(=O)O. The minimum Gasteiger partial charge on any atom is -0.480 e. The molecule has 1 aromatic carbocycles. The number of hydrogen-bond donors (Lipinski definition) is 2. The van der Waals surface area contributed by atoms with E-state index in [-0.39, 0.29) is 11.9 Å². The molecule has 112 valence electrons. The topological polar surface area (TPSA) is 49.3 Å². The highest BCUT2D eigenvalue weighted by atomic mass is 19.1. The normalized spacial score (nSPS) is 14.2. The Balaban J connectivity index is 2.45. The van der Waals surface area contributed by atoms with Crippen LogP contribution >= 0.6 is 0 Å². The minimum absolute atomic E-state index is 0.0816. The van der Waals surface area contributed by atoms with Gasteiger partial charge in [0.05, 0.1) is 0 Å². The van der Waals surface area contributed by atoms with Crippen LogP contribution < -0.4 is 5.32 Å². The van der Waals surface area contributed by atoms with E-state index >= 15 is 0 Å². The van der Waals surface area contributed by atoms with E-state index in [4.69, 9.17) is 0 Å². The maximum Gasteiger partial charge on any atom is 0.320 e. The zero-order valence-corrected chi connectivity index (χ0v) is 12.4. The van der Waals surface area contributed by atoms with Crippen molar-refractivity contribution in [2.75, 3.05) is 0 Å². The third-order valence-corrected chi connectivity index (χ3v) is 3.25. The molecule has 0 aliphatic carbocycles. The van der Waals surface area contributed by atoms with Crippen molar-refractivity contribution in [3.63, 3.8) is 0 Å². The highest BCUT2D eigenvalue weighted by Crippen LogP contribution is 2.10. The van der Waals surface area contributed by atoms with Crippen LogP contribution in [0.3, 0.4) is 0 Å². The lowest BCUT2D eigenvalue weighted by atomic mass is 10.0. The quantitative estimate of drug-likeness (QED) is 0.769. The second-order valence-corrected chi connectivity index (χ2v) is 5.76. The van der Waals surface area contributed by atoms with Crippen molar-refractivity contribution in [1.29, 1.82) is 0 Å². The van der Waals surface area contributed by atoms with Gasteiger partial charge < -0.3 is 10.4 Å². The Bertz CT molecular complexity index is 434. The van der Waals surface area contributed by atoms with E-state index in [9.17, 15) is 14.3 Å². The summed E-state index contributed by atoms with van der Waals surface area (Å²) >= 11 is 0. The van der Waals surface area contributed by atoms with Gasteiger partial charge in [-0.15, -0.1) is 0 Å². The van der Waals surface area contributed by atoms with Gasteiger partial charge in [-0.3, -0.25) is 4.79 Å². The average Bonchev–Trinajstić information content (AvgIpc) is 2.35. The van der Waals surface area contributed by atoms with E-state index in [0.29, 0.717) is 12.3 Å². The van der Waals surface area contributed by atoms with Gasteiger partial charge in [-0.2, -0.15) is 0 Å². The molecule has 20 heavy (non-hydrogen) atoms. The van der Waals surface area contributed by atoms with E-state index in [1.54, 1.807) is 6.07 Å². The fourth-order valence-corrected chi connectivity index (χ4v) is 2.21. The second kappa shape index (κ2) is 8.00. The molecule has 0 bridgehead atoms. The van der Waals surface area contributed by atoms with Crippen molar-refractivity contribution in [2.45, 2.75) is 52.1 Å². The van der Waals surface area contributed by atoms with Crippen LogP contribution in [0.15, 0.2) is 24.3 Å². The number of halogens is 1. The van der Waals surface area contributed by atoms with Crippen LogP contribution in [-0.2, 0) is 11.2 Å². The van der Waals surface area contributed by atoms with Gasteiger partial charge in [-0.1, -0.05) is 26.0 Å². The van der Waals surface area contributed by atoms with E-state index in [1.165, 1.54) is 12.1 Å². The van der Waals surface area contributed by atoms with Gasteiger partial charge >= 0.3 is 5.97 Å². The molecule has 2 N–H and O–H groups in total. The molecule has 0 aromatic heterocycles. The molecule has 1 aromatic rings. The fraction of sp³-hybridized carbons (Fsp3) is 0.562. The lowest BCUT2D eigenvalue weighted by Crippen LogP contribution is -2.43. The molecule has 0 amide bonds. The zero-order chi connectivity index (χ0) is 15.1. The standard InChI is InChI=1S/C16H24FNO2/c1-11(2)9-15(16(19)20)18-12(3)7-8-13-5-4-6-14(17)10-13/h4-6,10-12,15,18H,7-9H2,1-3H3,(H,19,20)/t12?,15-/m0/s1. The van der Waals surface area contributed by atoms with E-state index in [2.05, 4.69) is 5.32 Å². The summed E-state index contributed by atoms with van der Waals surface area (Å²) in [6.07, 6.45) is 2.13. The monoisotopic (exact) mass is 281 g/mol. The molecular formula is C16H24FNO2. The summed E-state index contributed by atoms with van der Waals surface area (Å²) in [4.78, 5) is 11.2. The van der Waals surface area contributed by atoms with Crippen LogP contribution in [0, 0.1) is 11.7 Å². The van der Waals surface area contributed by atoms with Crippen molar-refractivity contribution in [3.8, 4) is 0 Å². The summed E-state index contributed by atoms with van der Waals surface area (Å²) in [5.74, 6) is -0.707. The average molecular weight is 281 g/mol. The van der Waals surface area contributed by atoms with Crippen molar-refractivity contribution < 1.29 is 14.3 Å². The van der Waals surface area contributed by atoms with Gasteiger partial charge in [0, 0.05) is 6.04 Å². The van der Waals surface area contributed by atoms with Gasteiger partial charge in [0.15, 0.2) is 0 Å². The van der Waals surface area contributed by atoms with Crippen LogP contribution in [0.2, 0.25) is 0 Å². The highest BCUT2D eigenvalue weighted by molar-refractivity contribution is 5.73. The van der Waals surface area contributed by atoms with Crippen LogP contribution in [0.25, 0.3) is 0 Å². The summed E-state index contributed by atoms with van der Waals surface area (Å²) in [7, 11) is 0. The van der Waals surface area contributed by atoms with Gasteiger partial charge in [0.1, 0.15) is 11.9 Å². The first-order valence-corrected chi connectivity index (χ1v) is 7.11. The van der Waals surface area contributed by atoms with Crippen LogP contribution in [0.4, 0.5) is 4.39 Å². The lowest BCUT2D eigenvalue weighted by Gasteiger charge is -2.21. The third kappa shape index (κ3) is 6.15. The molecule has 0 radical (unpaired) electrons. The Morgan fingerprint density at radius 2 is 2.05 bits per heavy atom. The Morgan fingerprint density at radius 3 is 2.60 bits per heavy atom. The lowest BCUT2D eigenvalue weighted by molar-refractivity contribution is -0.140. The van der Waals surface area contributed by atoms with Gasteiger partial charge in [-0.25, -0.2) is 4.39 Å². The summed E-state index contributed by atoms with van der Waals surface area (Å²) < 4.78 is 13.1. The Kier molecular flexibility index (Phi) is 6.65. The molecule has 3 nitrogen and oxygen atoms in total. The number of nitrogens with one attached hydrogen (secondary N) is 1. The summed E-state index contributed by atoms with van der Waals surface area (Å²) in [5, 5.41) is 12.3. The molecule has 0 spiro atoms. The Labute approximate surface area is 120 Å². The first-order chi connectivity index (χ1) is 9.38. The van der Waals surface area contributed by atoms with Crippen LogP contribution in [-0.4, -0.2) is 23.2 Å². The van der Waals surface area contributed by atoms with Gasteiger partial charge in [0.25, 0.3) is 0 Å². The number of rotatable bonds is 8.